The van der Waals surface area contributed by atoms with Gasteiger partial charge >= 0.3 is 0 Å². The minimum Gasteiger partial charge on any atom is -0.337 e. The number of piperazine rings is 1. The van der Waals surface area contributed by atoms with Crippen LogP contribution in [0, 0.1) is 0 Å². The molecule has 1 aliphatic rings. The Bertz CT molecular complexity index is 910. The highest BCUT2D eigenvalue weighted by atomic mass is 16.2. The van der Waals surface area contributed by atoms with E-state index in [1.54, 1.807) is 4.68 Å². The van der Waals surface area contributed by atoms with Crippen molar-refractivity contribution in [2.24, 2.45) is 0 Å². The van der Waals surface area contributed by atoms with Gasteiger partial charge in [-0.25, -0.2) is 0 Å². The Labute approximate surface area is 178 Å². The second-order valence-electron chi connectivity index (χ2n) is 7.88. The third-order valence-electron chi connectivity index (χ3n) is 5.37. The number of carbonyl (C=O) groups excluding carboxylic acids is 2. The number of rotatable bonds is 7. The Hall–Kier alpha value is -2.93. The topological polar surface area (TPSA) is 70.5 Å². The maximum absolute atomic E-state index is 12.8. The minimum atomic E-state index is -0.148. The molecule has 0 saturated carbocycles. The van der Waals surface area contributed by atoms with E-state index in [1.165, 1.54) is 6.08 Å². The lowest BCUT2D eigenvalue weighted by atomic mass is 10.1. The molecule has 7 nitrogen and oxygen atoms in total. The average Bonchev–Trinajstić information content (AvgIpc) is 3.19. The molecule has 1 N–H and O–H groups in total. The summed E-state index contributed by atoms with van der Waals surface area (Å²) in [6.45, 7) is 14.2. The van der Waals surface area contributed by atoms with Crippen molar-refractivity contribution in [3.05, 3.63) is 59.9 Å². The van der Waals surface area contributed by atoms with Crippen molar-refractivity contribution in [1.29, 1.82) is 0 Å². The first-order chi connectivity index (χ1) is 14.4. The molecular weight excluding hydrogens is 378 g/mol. The summed E-state index contributed by atoms with van der Waals surface area (Å²) in [4.78, 5) is 28.7. The van der Waals surface area contributed by atoms with Crippen LogP contribution in [0.15, 0.2) is 43.0 Å². The standard InChI is InChI=1S/C23H31N5O2/c1-5-22(29)27-12-10-26(11-13-27)16-18-8-7-9-19(14-18)24-23(30)21-15-20(17(3)4)25-28(21)6-2/h5,7-9,14-15,17H,1,6,10-13,16H2,2-4H3,(H,24,30). The molecule has 0 unspecified atom stereocenters. The van der Waals surface area contributed by atoms with Gasteiger partial charge in [-0.05, 0) is 42.7 Å². The molecule has 1 aromatic carbocycles. The lowest BCUT2D eigenvalue weighted by molar-refractivity contribution is -0.127. The first-order valence-corrected chi connectivity index (χ1v) is 10.5. The number of amides is 2. The van der Waals surface area contributed by atoms with E-state index in [0.29, 0.717) is 25.3 Å². The van der Waals surface area contributed by atoms with Gasteiger partial charge in [-0.3, -0.25) is 19.2 Å². The fraction of sp³-hybridized carbons (Fsp3) is 0.435. The summed E-state index contributed by atoms with van der Waals surface area (Å²) in [5.74, 6) is 0.117. The van der Waals surface area contributed by atoms with Crippen LogP contribution >= 0.6 is 0 Å². The third-order valence-corrected chi connectivity index (χ3v) is 5.37. The number of carbonyl (C=O) groups is 2. The summed E-state index contributed by atoms with van der Waals surface area (Å²) in [7, 11) is 0. The Kier molecular flexibility index (Phi) is 7.05. The molecule has 0 radical (unpaired) electrons. The van der Waals surface area contributed by atoms with Crippen molar-refractivity contribution in [2.45, 2.75) is 39.8 Å². The molecule has 1 fully saturated rings. The van der Waals surface area contributed by atoms with Gasteiger partial charge in [0.15, 0.2) is 0 Å². The van der Waals surface area contributed by atoms with Crippen LogP contribution in [0.5, 0.6) is 0 Å². The summed E-state index contributed by atoms with van der Waals surface area (Å²) < 4.78 is 1.75. The van der Waals surface area contributed by atoms with E-state index in [2.05, 4.69) is 41.8 Å². The SMILES string of the molecule is C=CC(=O)N1CCN(Cc2cccc(NC(=O)c3cc(C(C)C)nn3CC)c2)CC1. The predicted molar refractivity (Wildman–Crippen MR) is 118 cm³/mol. The molecule has 30 heavy (non-hydrogen) atoms. The number of nitrogens with one attached hydrogen (secondary N) is 1. The molecular formula is C23H31N5O2. The van der Waals surface area contributed by atoms with Crippen LogP contribution in [-0.4, -0.2) is 57.6 Å². The number of hydrogen-bond donors (Lipinski definition) is 1. The van der Waals surface area contributed by atoms with E-state index in [0.717, 1.165) is 36.6 Å². The minimum absolute atomic E-state index is 0.00805. The van der Waals surface area contributed by atoms with E-state index < -0.39 is 0 Å². The van der Waals surface area contributed by atoms with Gasteiger partial charge in [-0.1, -0.05) is 32.6 Å². The molecule has 0 spiro atoms. The van der Waals surface area contributed by atoms with E-state index in [4.69, 9.17) is 0 Å². The molecule has 0 aliphatic carbocycles. The third kappa shape index (κ3) is 5.16. The maximum atomic E-state index is 12.8. The number of anilines is 1. The smallest absolute Gasteiger partial charge is 0.273 e. The van der Waals surface area contributed by atoms with Crippen molar-refractivity contribution in [3.8, 4) is 0 Å². The number of aryl methyl sites for hydroxylation is 1. The zero-order chi connectivity index (χ0) is 21.7. The first kappa shape index (κ1) is 21.8. The molecule has 7 heteroatoms. The van der Waals surface area contributed by atoms with E-state index >= 15 is 0 Å². The Morgan fingerprint density at radius 2 is 1.93 bits per heavy atom. The molecule has 2 aromatic rings. The summed E-state index contributed by atoms with van der Waals surface area (Å²) in [6.07, 6.45) is 1.37. The first-order valence-electron chi connectivity index (χ1n) is 10.5. The molecule has 1 saturated heterocycles. The van der Waals surface area contributed by atoms with Crippen molar-refractivity contribution in [3.63, 3.8) is 0 Å². The molecule has 2 amide bonds. The van der Waals surface area contributed by atoms with Crippen LogP contribution in [-0.2, 0) is 17.9 Å². The zero-order valence-electron chi connectivity index (χ0n) is 18.1. The van der Waals surface area contributed by atoms with Crippen LogP contribution in [0.3, 0.4) is 0 Å². The van der Waals surface area contributed by atoms with Gasteiger partial charge in [0.25, 0.3) is 5.91 Å². The lowest BCUT2D eigenvalue weighted by Crippen LogP contribution is -2.47. The molecule has 1 aromatic heterocycles. The quantitative estimate of drug-likeness (QED) is 0.714. The fourth-order valence-corrected chi connectivity index (χ4v) is 3.60. The van der Waals surface area contributed by atoms with Gasteiger partial charge in [0.1, 0.15) is 5.69 Å². The van der Waals surface area contributed by atoms with E-state index in [1.807, 2.05) is 36.1 Å². The summed E-state index contributed by atoms with van der Waals surface area (Å²) in [5.41, 5.74) is 3.40. The normalized spacial score (nSPS) is 14.7. The Morgan fingerprint density at radius 3 is 2.57 bits per heavy atom. The predicted octanol–water partition coefficient (Wildman–Crippen LogP) is 3.11. The molecule has 1 aliphatic heterocycles. The van der Waals surface area contributed by atoms with Gasteiger partial charge in [-0.15, -0.1) is 0 Å². The van der Waals surface area contributed by atoms with Crippen LogP contribution in [0.2, 0.25) is 0 Å². The number of hydrogen-bond acceptors (Lipinski definition) is 4. The Balaban J connectivity index is 1.63. The van der Waals surface area contributed by atoms with Crippen LogP contribution in [0.25, 0.3) is 0 Å². The van der Waals surface area contributed by atoms with Crippen molar-refractivity contribution in [2.75, 3.05) is 31.5 Å². The molecule has 3 rings (SSSR count). The van der Waals surface area contributed by atoms with Gasteiger partial charge in [0.2, 0.25) is 5.91 Å². The van der Waals surface area contributed by atoms with Crippen molar-refractivity contribution in [1.82, 2.24) is 19.6 Å². The highest BCUT2D eigenvalue weighted by molar-refractivity contribution is 6.03. The molecule has 0 atom stereocenters. The van der Waals surface area contributed by atoms with Crippen LogP contribution in [0.1, 0.15) is 48.4 Å². The van der Waals surface area contributed by atoms with Crippen LogP contribution in [0.4, 0.5) is 5.69 Å². The summed E-state index contributed by atoms with van der Waals surface area (Å²) in [6, 6.07) is 9.80. The monoisotopic (exact) mass is 409 g/mol. The van der Waals surface area contributed by atoms with E-state index in [-0.39, 0.29) is 17.7 Å². The van der Waals surface area contributed by atoms with Gasteiger partial charge in [0.05, 0.1) is 5.69 Å². The lowest BCUT2D eigenvalue weighted by Gasteiger charge is -2.34. The van der Waals surface area contributed by atoms with Crippen molar-refractivity contribution < 1.29 is 9.59 Å². The zero-order valence-corrected chi connectivity index (χ0v) is 18.1. The highest BCUT2D eigenvalue weighted by Gasteiger charge is 2.20. The number of nitrogens with zero attached hydrogens (tertiary/aromatic N) is 4. The molecule has 160 valence electrons. The maximum Gasteiger partial charge on any atom is 0.273 e. The fourth-order valence-electron chi connectivity index (χ4n) is 3.60. The average molecular weight is 410 g/mol. The van der Waals surface area contributed by atoms with Crippen molar-refractivity contribution >= 4 is 17.5 Å². The van der Waals surface area contributed by atoms with Gasteiger partial charge < -0.3 is 10.2 Å². The summed E-state index contributed by atoms with van der Waals surface area (Å²) >= 11 is 0. The van der Waals surface area contributed by atoms with E-state index in [9.17, 15) is 9.59 Å². The largest absolute Gasteiger partial charge is 0.337 e. The Morgan fingerprint density at radius 1 is 1.20 bits per heavy atom. The molecule has 0 bridgehead atoms. The molecule has 2 heterocycles. The number of aromatic nitrogens is 2. The van der Waals surface area contributed by atoms with Gasteiger partial charge in [-0.2, -0.15) is 5.10 Å². The second-order valence-corrected chi connectivity index (χ2v) is 7.88. The second kappa shape index (κ2) is 9.71. The van der Waals surface area contributed by atoms with Gasteiger partial charge in [0, 0.05) is 45.0 Å². The van der Waals surface area contributed by atoms with Crippen LogP contribution < -0.4 is 5.32 Å². The summed E-state index contributed by atoms with van der Waals surface area (Å²) in [5, 5.41) is 7.54. The highest BCUT2D eigenvalue weighted by Crippen LogP contribution is 2.18. The number of benzene rings is 1.